The lowest BCUT2D eigenvalue weighted by molar-refractivity contribution is 0.795. The van der Waals surface area contributed by atoms with E-state index in [1.165, 1.54) is 0 Å². The number of aryl methyl sites for hydroxylation is 2. The van der Waals surface area contributed by atoms with Crippen LogP contribution in [0.4, 0.5) is 0 Å². The van der Waals surface area contributed by atoms with Gasteiger partial charge in [0.25, 0.3) is 0 Å². The van der Waals surface area contributed by atoms with E-state index < -0.39 is 0 Å². The number of hydrogen-bond donors (Lipinski definition) is 0. The number of imidazole rings is 1. The number of nitrogens with zero attached hydrogens (tertiary/aromatic N) is 5. The van der Waals surface area contributed by atoms with Crippen molar-refractivity contribution in [3.8, 4) is 56.4 Å². The summed E-state index contributed by atoms with van der Waals surface area (Å²) < 4.78 is 3.38. The molecule has 0 N–H and O–H groups in total. The molecule has 0 unspecified atom stereocenters. The quantitative estimate of drug-likeness (QED) is 0.226. The van der Waals surface area contributed by atoms with E-state index >= 15 is 0 Å². The van der Waals surface area contributed by atoms with E-state index in [0.29, 0.717) is 17.5 Å². The lowest BCUT2D eigenvalue weighted by Crippen LogP contribution is -2.19. The minimum atomic E-state index is -0.0542. The third kappa shape index (κ3) is 4.49. The molecule has 0 radical (unpaired) electrons. The third-order valence-corrected chi connectivity index (χ3v) is 7.63. The third-order valence-electron chi connectivity index (χ3n) is 7.63. The summed E-state index contributed by atoms with van der Waals surface area (Å²) in [6, 6.07) is 42.7. The van der Waals surface area contributed by atoms with Gasteiger partial charge < -0.3 is 0 Å². The average Bonchev–Trinajstić information content (AvgIpc) is 3.29. The van der Waals surface area contributed by atoms with E-state index in [-0.39, 0.29) is 5.69 Å². The molecule has 6 nitrogen and oxygen atoms in total. The van der Waals surface area contributed by atoms with Crippen molar-refractivity contribution < 1.29 is 0 Å². The van der Waals surface area contributed by atoms with Gasteiger partial charge in [0, 0.05) is 36.3 Å². The summed E-state index contributed by atoms with van der Waals surface area (Å²) in [5.74, 6) is 1.80. The molecule has 0 saturated heterocycles. The topological polar surface area (TPSA) is 65.6 Å². The fourth-order valence-electron chi connectivity index (χ4n) is 5.43. The molecule has 0 aliphatic carbocycles. The number of aromatic nitrogens is 5. The number of rotatable bonds is 5. The highest BCUT2D eigenvalue weighted by molar-refractivity contribution is 5.93. The summed E-state index contributed by atoms with van der Waals surface area (Å²) >= 11 is 0. The summed E-state index contributed by atoms with van der Waals surface area (Å²) in [6.07, 6.45) is 0. The van der Waals surface area contributed by atoms with Crippen molar-refractivity contribution in [2.24, 2.45) is 14.1 Å². The maximum Gasteiger partial charge on any atom is 0.328 e. The van der Waals surface area contributed by atoms with E-state index in [1.807, 2.05) is 85.9 Å². The van der Waals surface area contributed by atoms with Gasteiger partial charge in [0.1, 0.15) is 0 Å². The summed E-state index contributed by atoms with van der Waals surface area (Å²) in [7, 11) is 3.61. The Labute approximate surface area is 243 Å². The zero-order valence-electron chi connectivity index (χ0n) is 23.3. The Bertz CT molecular complexity index is 2110. The lowest BCUT2D eigenvalue weighted by Gasteiger charge is -2.11. The molecule has 2 heterocycles. The summed E-state index contributed by atoms with van der Waals surface area (Å²) in [5.41, 5.74) is 8.67. The molecule has 42 heavy (non-hydrogen) atoms. The van der Waals surface area contributed by atoms with Crippen LogP contribution in [0.1, 0.15) is 0 Å². The number of fused-ring (bicyclic) bond motifs is 1. The first kappa shape index (κ1) is 25.4. The van der Waals surface area contributed by atoms with Crippen LogP contribution < -0.4 is 5.69 Å². The molecule has 0 saturated carbocycles. The highest BCUT2D eigenvalue weighted by atomic mass is 16.1. The first-order valence-electron chi connectivity index (χ1n) is 13.8. The molecular formula is C36H27N5O. The Morgan fingerprint density at radius 2 is 0.929 bits per heavy atom. The van der Waals surface area contributed by atoms with Crippen molar-refractivity contribution in [1.82, 2.24) is 24.1 Å². The predicted molar refractivity (Wildman–Crippen MR) is 169 cm³/mol. The average molecular weight is 546 g/mol. The smallest absolute Gasteiger partial charge is 0.295 e. The first-order valence-corrected chi connectivity index (χ1v) is 13.8. The molecule has 0 fully saturated rings. The Hall–Kier alpha value is -5.62. The lowest BCUT2D eigenvalue weighted by atomic mass is 10.0. The molecule has 7 rings (SSSR count). The first-order chi connectivity index (χ1) is 20.6. The van der Waals surface area contributed by atoms with Crippen molar-refractivity contribution in [3.05, 3.63) is 138 Å². The van der Waals surface area contributed by atoms with Crippen LogP contribution in [0.2, 0.25) is 0 Å². The molecule has 0 aliphatic rings. The highest BCUT2D eigenvalue weighted by Gasteiger charge is 2.16. The van der Waals surface area contributed by atoms with Crippen molar-refractivity contribution in [3.63, 3.8) is 0 Å². The van der Waals surface area contributed by atoms with Crippen LogP contribution in [0.25, 0.3) is 67.5 Å². The largest absolute Gasteiger partial charge is 0.328 e. The van der Waals surface area contributed by atoms with Gasteiger partial charge in [0.05, 0.1) is 11.0 Å². The number of hydrogen-bond acceptors (Lipinski definition) is 4. The molecule has 5 aromatic carbocycles. The zero-order valence-corrected chi connectivity index (χ0v) is 23.3. The van der Waals surface area contributed by atoms with Gasteiger partial charge in [-0.1, -0.05) is 115 Å². The van der Waals surface area contributed by atoms with Crippen molar-refractivity contribution in [1.29, 1.82) is 0 Å². The number of benzene rings is 5. The Balaban J connectivity index is 1.36. The van der Waals surface area contributed by atoms with Crippen LogP contribution in [0.5, 0.6) is 0 Å². The zero-order chi connectivity index (χ0) is 28.6. The van der Waals surface area contributed by atoms with E-state index in [1.54, 1.807) is 16.2 Å². The molecule has 0 spiro atoms. The second-order valence-electron chi connectivity index (χ2n) is 10.3. The van der Waals surface area contributed by atoms with Crippen molar-refractivity contribution in [2.75, 3.05) is 0 Å². The van der Waals surface area contributed by atoms with E-state index in [9.17, 15) is 4.79 Å². The molecule has 6 heteroatoms. The van der Waals surface area contributed by atoms with Crippen LogP contribution in [0.15, 0.2) is 132 Å². The van der Waals surface area contributed by atoms with Gasteiger partial charge in [-0.25, -0.2) is 19.7 Å². The maximum atomic E-state index is 12.7. The Morgan fingerprint density at radius 1 is 0.452 bits per heavy atom. The van der Waals surface area contributed by atoms with Gasteiger partial charge in [0.2, 0.25) is 0 Å². The van der Waals surface area contributed by atoms with Gasteiger partial charge in [-0.2, -0.15) is 0 Å². The molecular weight excluding hydrogens is 518 g/mol. The van der Waals surface area contributed by atoms with E-state index in [4.69, 9.17) is 15.0 Å². The molecule has 0 bridgehead atoms. The molecule has 2 aromatic heterocycles. The van der Waals surface area contributed by atoms with Crippen molar-refractivity contribution in [2.45, 2.75) is 0 Å². The minimum absolute atomic E-state index is 0.0542. The van der Waals surface area contributed by atoms with Crippen LogP contribution in [-0.4, -0.2) is 24.1 Å². The van der Waals surface area contributed by atoms with Gasteiger partial charge in [-0.05, 0) is 28.8 Å². The van der Waals surface area contributed by atoms with Crippen LogP contribution in [-0.2, 0) is 14.1 Å². The molecule has 0 aliphatic heterocycles. The molecule has 7 aromatic rings. The monoisotopic (exact) mass is 545 g/mol. The summed E-state index contributed by atoms with van der Waals surface area (Å²) in [5, 5.41) is 0. The van der Waals surface area contributed by atoms with Crippen LogP contribution in [0.3, 0.4) is 0 Å². The molecule has 0 amide bonds. The van der Waals surface area contributed by atoms with Gasteiger partial charge in [-0.15, -0.1) is 0 Å². The second-order valence-corrected chi connectivity index (χ2v) is 10.3. The number of para-hydroxylation sites is 1. The summed E-state index contributed by atoms with van der Waals surface area (Å²) in [6.45, 7) is 0. The van der Waals surface area contributed by atoms with Gasteiger partial charge in [0.15, 0.2) is 17.5 Å². The van der Waals surface area contributed by atoms with E-state index in [2.05, 4.69) is 48.5 Å². The normalized spacial score (nSPS) is 11.2. The maximum absolute atomic E-state index is 12.7. The predicted octanol–water partition coefficient (Wildman–Crippen LogP) is 7.40. The fraction of sp³-hybridized carbons (Fsp3) is 0.0556. The van der Waals surface area contributed by atoms with Crippen LogP contribution >= 0.6 is 0 Å². The fourth-order valence-corrected chi connectivity index (χ4v) is 5.43. The highest BCUT2D eigenvalue weighted by Crippen LogP contribution is 2.32. The van der Waals surface area contributed by atoms with Crippen molar-refractivity contribution >= 4 is 11.0 Å². The van der Waals surface area contributed by atoms with E-state index in [0.717, 1.165) is 50.0 Å². The Kier molecular flexibility index (Phi) is 6.28. The minimum Gasteiger partial charge on any atom is -0.295 e. The molecule has 0 atom stereocenters. The second kappa shape index (κ2) is 10.4. The van der Waals surface area contributed by atoms with Gasteiger partial charge in [-0.3, -0.25) is 9.13 Å². The Morgan fingerprint density at radius 3 is 1.60 bits per heavy atom. The molecule has 202 valence electrons. The van der Waals surface area contributed by atoms with Crippen LogP contribution in [0, 0.1) is 0 Å². The summed E-state index contributed by atoms with van der Waals surface area (Å²) in [4.78, 5) is 27.5. The van der Waals surface area contributed by atoms with Gasteiger partial charge >= 0.3 is 5.69 Å². The SMILES string of the molecule is Cn1c(=O)n(C)c2c(-c3cccc(-c4nc(-c5ccccc5)nc(-c5ccc(-c6ccccc6)cc5)n4)c3)cccc21. The standard InChI is InChI=1S/C36H27N5O/c1-40-31-18-10-17-30(32(31)41(2)36(40)42)28-15-9-16-29(23-28)35-38-33(26-13-7-4-8-14-26)37-34(39-35)27-21-19-25(20-22-27)24-11-5-3-6-12-24/h3-23H,1-2H3.